The quantitative estimate of drug-likeness (QED) is 0.573. The van der Waals surface area contributed by atoms with Crippen LogP contribution in [-0.4, -0.2) is 17.7 Å². The summed E-state index contributed by atoms with van der Waals surface area (Å²) in [6.45, 7) is 7.24. The number of hydrogen-bond donors (Lipinski definition) is 0. The van der Waals surface area contributed by atoms with Gasteiger partial charge in [-0.05, 0) is 27.7 Å². The summed E-state index contributed by atoms with van der Waals surface area (Å²) in [5.74, 6) is -1.57. The highest BCUT2D eigenvalue weighted by molar-refractivity contribution is 5.82. The van der Waals surface area contributed by atoms with Gasteiger partial charge in [-0.1, -0.05) is 0 Å². The maximum Gasteiger partial charge on any atom is 0.315 e. The Morgan fingerprint density at radius 2 is 1.20 bits per heavy atom. The van der Waals surface area contributed by atoms with Crippen LogP contribution < -0.4 is 0 Å². The van der Waals surface area contributed by atoms with E-state index in [0.29, 0.717) is 12.8 Å². The van der Waals surface area contributed by atoms with Gasteiger partial charge in [-0.2, -0.15) is 0 Å². The van der Waals surface area contributed by atoms with Gasteiger partial charge in [-0.25, -0.2) is 0 Å². The Hall–Kier alpha value is -1.06. The minimum Gasteiger partial charge on any atom is -0.422 e. The maximum absolute atomic E-state index is 11.6. The summed E-state index contributed by atoms with van der Waals surface area (Å²) >= 11 is 0. The highest BCUT2D eigenvalue weighted by atomic mass is 16.7. The molecule has 0 aliphatic carbocycles. The van der Waals surface area contributed by atoms with E-state index in [1.54, 1.807) is 0 Å². The first-order valence-corrected chi connectivity index (χ1v) is 5.14. The van der Waals surface area contributed by atoms with Crippen molar-refractivity contribution in [3.8, 4) is 0 Å². The summed E-state index contributed by atoms with van der Waals surface area (Å²) in [6, 6.07) is 0. The molecule has 2 aliphatic rings. The Morgan fingerprint density at radius 3 is 1.40 bits per heavy atom. The fourth-order valence-electron chi connectivity index (χ4n) is 2.33. The first kappa shape index (κ1) is 10.5. The van der Waals surface area contributed by atoms with Gasteiger partial charge < -0.3 is 9.47 Å². The van der Waals surface area contributed by atoms with Crippen LogP contribution in [0.3, 0.4) is 0 Å². The Balaban J connectivity index is 2.27. The van der Waals surface area contributed by atoms with Gasteiger partial charge in [0.1, 0.15) is 0 Å². The number of rotatable bonds is 0. The van der Waals surface area contributed by atoms with Crippen molar-refractivity contribution in [1.29, 1.82) is 0 Å². The van der Waals surface area contributed by atoms with Crippen LogP contribution in [0.1, 0.15) is 40.5 Å². The first-order valence-electron chi connectivity index (χ1n) is 5.14. The largest absolute Gasteiger partial charge is 0.422 e. The summed E-state index contributed by atoms with van der Waals surface area (Å²) in [5.41, 5.74) is -1.11. The molecule has 0 unspecified atom stereocenters. The van der Waals surface area contributed by atoms with Crippen LogP contribution in [0.4, 0.5) is 0 Å². The molecule has 0 atom stereocenters. The average molecular weight is 212 g/mol. The molecule has 0 aromatic heterocycles. The molecule has 2 heterocycles. The van der Waals surface area contributed by atoms with Gasteiger partial charge >= 0.3 is 11.9 Å². The standard InChI is InChI=1S/C11H16O4/c1-9(2)5-11(14-7(9)12)6-10(3,4)8(13)15-11/h5-6H2,1-4H3. The number of esters is 2. The summed E-state index contributed by atoms with van der Waals surface area (Å²) in [4.78, 5) is 23.1. The van der Waals surface area contributed by atoms with Crippen LogP contribution in [-0.2, 0) is 19.1 Å². The van der Waals surface area contributed by atoms with Crippen molar-refractivity contribution in [2.75, 3.05) is 0 Å². The number of hydrogen-bond acceptors (Lipinski definition) is 4. The predicted octanol–water partition coefficient (Wildman–Crippen LogP) is 1.63. The smallest absolute Gasteiger partial charge is 0.315 e. The van der Waals surface area contributed by atoms with Gasteiger partial charge in [0.2, 0.25) is 0 Å². The molecular formula is C11H16O4. The van der Waals surface area contributed by atoms with Crippen molar-refractivity contribution in [3.63, 3.8) is 0 Å². The second kappa shape index (κ2) is 2.54. The number of ether oxygens (including phenoxy) is 2. The van der Waals surface area contributed by atoms with Gasteiger partial charge in [0.25, 0.3) is 5.79 Å². The topological polar surface area (TPSA) is 52.6 Å². The molecular weight excluding hydrogens is 196 g/mol. The zero-order valence-corrected chi connectivity index (χ0v) is 9.55. The molecule has 0 N–H and O–H groups in total. The van der Waals surface area contributed by atoms with Gasteiger partial charge in [0.15, 0.2) is 0 Å². The molecule has 0 aromatic carbocycles. The van der Waals surface area contributed by atoms with Gasteiger partial charge in [-0.15, -0.1) is 0 Å². The molecule has 0 radical (unpaired) electrons. The molecule has 2 aliphatic heterocycles. The molecule has 2 saturated heterocycles. The van der Waals surface area contributed by atoms with Crippen LogP contribution in [0.25, 0.3) is 0 Å². The lowest BCUT2D eigenvalue weighted by atomic mass is 9.82. The molecule has 4 heteroatoms. The third-order valence-corrected chi connectivity index (χ3v) is 3.09. The normalized spacial score (nSPS) is 30.4. The van der Waals surface area contributed by atoms with Crippen LogP contribution >= 0.6 is 0 Å². The van der Waals surface area contributed by atoms with Gasteiger partial charge in [0.05, 0.1) is 10.8 Å². The van der Waals surface area contributed by atoms with Gasteiger partial charge in [0, 0.05) is 12.8 Å². The van der Waals surface area contributed by atoms with E-state index >= 15 is 0 Å². The molecule has 1 spiro atoms. The van der Waals surface area contributed by atoms with Crippen molar-refractivity contribution < 1.29 is 19.1 Å². The van der Waals surface area contributed by atoms with Crippen LogP contribution in [0.5, 0.6) is 0 Å². The minimum absolute atomic E-state index is 0.284. The third-order valence-electron chi connectivity index (χ3n) is 3.09. The van der Waals surface area contributed by atoms with E-state index < -0.39 is 16.6 Å². The van der Waals surface area contributed by atoms with E-state index in [4.69, 9.17) is 9.47 Å². The van der Waals surface area contributed by atoms with E-state index in [1.807, 2.05) is 27.7 Å². The zero-order valence-electron chi connectivity index (χ0n) is 9.55. The van der Waals surface area contributed by atoms with Crippen molar-refractivity contribution in [3.05, 3.63) is 0 Å². The van der Waals surface area contributed by atoms with Crippen LogP contribution in [0.15, 0.2) is 0 Å². The van der Waals surface area contributed by atoms with E-state index in [2.05, 4.69) is 0 Å². The summed E-state index contributed by atoms with van der Waals surface area (Å²) < 4.78 is 10.5. The first-order chi connectivity index (χ1) is 6.67. The van der Waals surface area contributed by atoms with E-state index in [-0.39, 0.29) is 11.9 Å². The molecule has 0 aromatic rings. The number of carbonyl (C=O) groups is 2. The zero-order chi connectivity index (χ0) is 11.5. The maximum atomic E-state index is 11.6. The minimum atomic E-state index is -0.999. The highest BCUT2D eigenvalue weighted by Crippen LogP contribution is 2.51. The Labute approximate surface area is 88.9 Å². The fourth-order valence-corrected chi connectivity index (χ4v) is 2.33. The second-order valence-electron chi connectivity index (χ2n) is 5.81. The van der Waals surface area contributed by atoms with E-state index in [1.165, 1.54) is 0 Å². The lowest BCUT2D eigenvalue weighted by molar-refractivity contribution is -0.197. The molecule has 2 fully saturated rings. The summed E-state index contributed by atoms with van der Waals surface area (Å²) in [5, 5.41) is 0. The van der Waals surface area contributed by atoms with Gasteiger partial charge in [-0.3, -0.25) is 9.59 Å². The average Bonchev–Trinajstić information content (AvgIpc) is 2.31. The molecule has 2 rings (SSSR count). The van der Waals surface area contributed by atoms with Crippen LogP contribution in [0.2, 0.25) is 0 Å². The molecule has 84 valence electrons. The lowest BCUT2D eigenvalue weighted by Gasteiger charge is -2.20. The summed E-state index contributed by atoms with van der Waals surface area (Å²) in [7, 11) is 0. The van der Waals surface area contributed by atoms with Crippen LogP contribution in [0, 0.1) is 10.8 Å². The fraction of sp³-hybridized carbons (Fsp3) is 0.818. The SMILES string of the molecule is CC1(C)CC2(CC(C)(C)C(=O)O2)OC1=O. The molecule has 0 amide bonds. The Kier molecular flexibility index (Phi) is 1.77. The van der Waals surface area contributed by atoms with Crippen molar-refractivity contribution in [1.82, 2.24) is 0 Å². The molecule has 15 heavy (non-hydrogen) atoms. The van der Waals surface area contributed by atoms with Crippen molar-refractivity contribution in [2.45, 2.75) is 46.3 Å². The number of carbonyl (C=O) groups excluding carboxylic acids is 2. The summed E-state index contributed by atoms with van der Waals surface area (Å²) in [6.07, 6.45) is 0.905. The molecule has 4 nitrogen and oxygen atoms in total. The van der Waals surface area contributed by atoms with E-state index in [9.17, 15) is 9.59 Å². The highest BCUT2D eigenvalue weighted by Gasteiger charge is 2.62. The lowest BCUT2D eigenvalue weighted by Crippen LogP contribution is -2.28. The van der Waals surface area contributed by atoms with Crippen molar-refractivity contribution in [2.24, 2.45) is 10.8 Å². The molecule has 0 bridgehead atoms. The van der Waals surface area contributed by atoms with E-state index in [0.717, 1.165) is 0 Å². The van der Waals surface area contributed by atoms with Crippen molar-refractivity contribution >= 4 is 11.9 Å². The third kappa shape index (κ3) is 1.43. The predicted molar refractivity (Wildman–Crippen MR) is 51.7 cm³/mol. The Bertz CT molecular complexity index is 306. The Morgan fingerprint density at radius 1 is 0.867 bits per heavy atom. The second-order valence-corrected chi connectivity index (χ2v) is 5.81. The monoisotopic (exact) mass is 212 g/mol. The molecule has 0 saturated carbocycles.